The van der Waals surface area contributed by atoms with Crippen LogP contribution in [0.3, 0.4) is 0 Å². The van der Waals surface area contributed by atoms with E-state index in [1.54, 1.807) is 6.92 Å². The molecule has 0 unspecified atom stereocenters. The molecular weight excluding hydrogens is 358 g/mol. The Hall–Kier alpha value is -2.10. The van der Waals surface area contributed by atoms with E-state index in [-0.39, 0.29) is 21.2 Å². The molecule has 1 heterocycles. The lowest BCUT2D eigenvalue weighted by atomic mass is 10.1. The molecule has 0 spiro atoms. The Labute approximate surface area is 144 Å². The predicted molar refractivity (Wildman–Crippen MR) is 88.1 cm³/mol. The highest BCUT2D eigenvalue weighted by atomic mass is 35.5. The number of hydrogen-bond donors (Lipinski definition) is 2. The van der Waals surface area contributed by atoms with Gasteiger partial charge in [0.15, 0.2) is 0 Å². The largest absolute Gasteiger partial charge is 0.478 e. The number of nitrogens with one attached hydrogen (secondary N) is 1. The summed E-state index contributed by atoms with van der Waals surface area (Å²) in [6.07, 6.45) is 2.58. The number of hydrogen-bond acceptors (Lipinski definition) is 5. The zero-order valence-corrected chi connectivity index (χ0v) is 14.6. The molecule has 8 nitrogen and oxygen atoms in total. The lowest BCUT2D eigenvalue weighted by Gasteiger charge is -2.11. The Kier molecular flexibility index (Phi) is 5.47. The minimum absolute atomic E-state index is 0.0372. The van der Waals surface area contributed by atoms with Crippen LogP contribution in [0.15, 0.2) is 29.4 Å². The second-order valence-corrected chi connectivity index (χ2v) is 7.08. The number of anilines is 1. The number of sulfonamides is 1. The lowest BCUT2D eigenvalue weighted by Crippen LogP contribution is -2.14. The van der Waals surface area contributed by atoms with Gasteiger partial charge in [-0.15, -0.1) is 0 Å². The van der Waals surface area contributed by atoms with Gasteiger partial charge in [0.25, 0.3) is 10.0 Å². The van der Waals surface area contributed by atoms with Crippen molar-refractivity contribution in [3.05, 3.63) is 40.7 Å². The van der Waals surface area contributed by atoms with Gasteiger partial charge >= 0.3 is 5.97 Å². The molecule has 0 fully saturated rings. The number of carboxylic acids is 1. The first-order chi connectivity index (χ1) is 11.2. The van der Waals surface area contributed by atoms with E-state index in [0.717, 1.165) is 0 Å². The van der Waals surface area contributed by atoms with E-state index < -0.39 is 16.0 Å². The van der Waals surface area contributed by atoms with Crippen LogP contribution in [0, 0.1) is 6.92 Å². The summed E-state index contributed by atoms with van der Waals surface area (Å²) in [7, 11) is -2.37. The Morgan fingerprint density at radius 3 is 2.79 bits per heavy atom. The zero-order valence-electron chi connectivity index (χ0n) is 13.0. The highest BCUT2D eigenvalue weighted by molar-refractivity contribution is 7.92. The van der Waals surface area contributed by atoms with Crippen LogP contribution in [-0.4, -0.2) is 43.0 Å². The van der Waals surface area contributed by atoms with Gasteiger partial charge in [0.05, 0.1) is 35.6 Å². The number of carbonyl (C=O) groups is 1. The van der Waals surface area contributed by atoms with Crippen LogP contribution in [0.2, 0.25) is 5.02 Å². The fourth-order valence-electron chi connectivity index (χ4n) is 1.94. The molecule has 2 N–H and O–H groups in total. The topological polar surface area (TPSA) is 111 Å². The predicted octanol–water partition coefficient (Wildman–Crippen LogP) is 1.99. The molecule has 10 heteroatoms. The molecule has 2 rings (SSSR count). The molecule has 0 amide bonds. The monoisotopic (exact) mass is 373 g/mol. The molecule has 24 heavy (non-hydrogen) atoms. The van der Waals surface area contributed by atoms with Crippen LogP contribution >= 0.6 is 11.6 Å². The minimum Gasteiger partial charge on any atom is -0.478 e. The quantitative estimate of drug-likeness (QED) is 0.767. The normalized spacial score (nSPS) is 11.5. The van der Waals surface area contributed by atoms with E-state index >= 15 is 0 Å². The van der Waals surface area contributed by atoms with Gasteiger partial charge in [-0.05, 0) is 24.6 Å². The van der Waals surface area contributed by atoms with Gasteiger partial charge in [0, 0.05) is 13.3 Å². The van der Waals surface area contributed by atoms with E-state index in [2.05, 4.69) is 9.82 Å². The van der Waals surface area contributed by atoms with Gasteiger partial charge in [-0.25, -0.2) is 13.2 Å². The van der Waals surface area contributed by atoms with Gasteiger partial charge in [-0.2, -0.15) is 5.10 Å². The van der Waals surface area contributed by atoms with Gasteiger partial charge in [-0.1, -0.05) is 11.6 Å². The second-order valence-electron chi connectivity index (χ2n) is 4.99. The van der Waals surface area contributed by atoms with Crippen LogP contribution in [0.4, 0.5) is 5.69 Å². The van der Waals surface area contributed by atoms with E-state index in [1.807, 2.05) is 0 Å². The number of rotatable bonds is 7. The maximum absolute atomic E-state index is 12.4. The van der Waals surface area contributed by atoms with Crippen molar-refractivity contribution in [2.45, 2.75) is 18.4 Å². The number of nitrogens with zero attached hydrogens (tertiary/aromatic N) is 2. The summed E-state index contributed by atoms with van der Waals surface area (Å²) in [6.45, 7) is 2.43. The Morgan fingerprint density at radius 2 is 2.17 bits per heavy atom. The molecule has 0 atom stereocenters. The molecule has 2 aromatic rings. The summed E-state index contributed by atoms with van der Waals surface area (Å²) in [5.41, 5.74) is 0.456. The van der Waals surface area contributed by atoms with Crippen molar-refractivity contribution in [1.82, 2.24) is 9.78 Å². The van der Waals surface area contributed by atoms with Gasteiger partial charge < -0.3 is 9.84 Å². The van der Waals surface area contributed by atoms with Crippen molar-refractivity contribution >= 4 is 33.3 Å². The van der Waals surface area contributed by atoms with Crippen molar-refractivity contribution in [2.24, 2.45) is 0 Å². The fourth-order valence-corrected chi connectivity index (χ4v) is 3.31. The smallest absolute Gasteiger partial charge is 0.337 e. The molecule has 0 radical (unpaired) electrons. The third-order valence-electron chi connectivity index (χ3n) is 3.23. The van der Waals surface area contributed by atoms with Crippen molar-refractivity contribution in [2.75, 3.05) is 18.4 Å². The van der Waals surface area contributed by atoms with Gasteiger partial charge in [-0.3, -0.25) is 9.40 Å². The third kappa shape index (κ3) is 4.05. The number of aromatic carboxylic acids is 1. The number of aryl methyl sites for hydroxylation is 1. The van der Waals surface area contributed by atoms with E-state index in [0.29, 0.717) is 18.7 Å². The highest BCUT2D eigenvalue weighted by Gasteiger charge is 2.20. The van der Waals surface area contributed by atoms with Crippen LogP contribution in [-0.2, 0) is 21.3 Å². The third-order valence-corrected chi connectivity index (χ3v) is 4.87. The maximum Gasteiger partial charge on any atom is 0.337 e. The fraction of sp³-hybridized carbons (Fsp3) is 0.286. The molecule has 0 aliphatic carbocycles. The number of ether oxygens (including phenoxy) is 1. The first-order valence-corrected chi connectivity index (χ1v) is 8.68. The van der Waals surface area contributed by atoms with Crippen molar-refractivity contribution in [3.63, 3.8) is 0 Å². The summed E-state index contributed by atoms with van der Waals surface area (Å²) >= 11 is 5.85. The molecule has 0 saturated carbocycles. The van der Waals surface area contributed by atoms with Crippen LogP contribution < -0.4 is 4.72 Å². The van der Waals surface area contributed by atoms with E-state index in [9.17, 15) is 13.2 Å². The molecule has 0 aliphatic rings. The molecule has 1 aromatic carbocycles. The standard InChI is InChI=1S/C14H16ClN3O5S/c1-9-5-12(15)11(14(19)20)6-13(9)17-24(21,22)10-7-16-18(8-10)3-4-23-2/h5-8,17H,3-4H2,1-2H3,(H,19,20). The Bertz CT molecular complexity index is 863. The zero-order chi connectivity index (χ0) is 17.9. The first kappa shape index (κ1) is 18.2. The summed E-state index contributed by atoms with van der Waals surface area (Å²) < 4.78 is 33.6. The maximum atomic E-state index is 12.4. The molecule has 0 saturated heterocycles. The summed E-state index contributed by atoms with van der Waals surface area (Å²) in [5, 5.41) is 13.1. The number of halogens is 1. The molecule has 0 bridgehead atoms. The lowest BCUT2D eigenvalue weighted by molar-refractivity contribution is 0.0697. The number of carboxylic acid groups (broad SMARTS) is 1. The van der Waals surface area contributed by atoms with E-state index in [4.69, 9.17) is 21.4 Å². The Balaban J connectivity index is 2.30. The van der Waals surface area contributed by atoms with Crippen LogP contribution in [0.1, 0.15) is 15.9 Å². The van der Waals surface area contributed by atoms with Crippen LogP contribution in [0.5, 0.6) is 0 Å². The second kappa shape index (κ2) is 7.20. The van der Waals surface area contributed by atoms with Crippen LogP contribution in [0.25, 0.3) is 0 Å². The van der Waals surface area contributed by atoms with Crippen molar-refractivity contribution in [1.29, 1.82) is 0 Å². The molecule has 130 valence electrons. The van der Waals surface area contributed by atoms with Gasteiger partial charge in [0.2, 0.25) is 0 Å². The van der Waals surface area contributed by atoms with Gasteiger partial charge in [0.1, 0.15) is 4.90 Å². The number of aromatic nitrogens is 2. The molecule has 0 aliphatic heterocycles. The summed E-state index contributed by atoms with van der Waals surface area (Å²) in [5.74, 6) is -1.24. The molecular formula is C14H16ClN3O5S. The SMILES string of the molecule is COCCn1cc(S(=O)(=O)Nc2cc(C(=O)O)c(Cl)cc2C)cn1. The average molecular weight is 374 g/mol. The first-order valence-electron chi connectivity index (χ1n) is 6.82. The summed E-state index contributed by atoms with van der Waals surface area (Å²) in [6, 6.07) is 2.58. The summed E-state index contributed by atoms with van der Waals surface area (Å²) in [4.78, 5) is 11.1. The highest BCUT2D eigenvalue weighted by Crippen LogP contribution is 2.26. The Morgan fingerprint density at radius 1 is 1.46 bits per heavy atom. The number of methoxy groups -OCH3 is 1. The number of benzene rings is 1. The van der Waals surface area contributed by atoms with Crippen molar-refractivity contribution < 1.29 is 23.1 Å². The van der Waals surface area contributed by atoms with Crippen molar-refractivity contribution in [3.8, 4) is 0 Å². The minimum atomic E-state index is -3.91. The molecule has 1 aromatic heterocycles. The van der Waals surface area contributed by atoms with E-state index in [1.165, 1.54) is 36.3 Å². The average Bonchev–Trinajstić information content (AvgIpc) is 2.97.